The first-order valence-corrected chi connectivity index (χ1v) is 6.79. The molecule has 1 heterocycles. The van der Waals surface area contributed by atoms with Gasteiger partial charge in [0.25, 0.3) is 0 Å². The summed E-state index contributed by atoms with van der Waals surface area (Å²) in [4.78, 5) is 11.8. The van der Waals surface area contributed by atoms with Crippen LogP contribution in [0.1, 0.15) is 26.2 Å². The number of hydrogen-bond donors (Lipinski definition) is 3. The van der Waals surface area contributed by atoms with Gasteiger partial charge in [0.2, 0.25) is 0 Å². The van der Waals surface area contributed by atoms with Crippen molar-refractivity contribution in [2.45, 2.75) is 32.2 Å². The number of hydrogen-bond acceptors (Lipinski definition) is 3. The number of carbonyl (C=O) groups excluding carboxylic acids is 1. The van der Waals surface area contributed by atoms with Gasteiger partial charge < -0.3 is 15.7 Å². The molecule has 1 aromatic rings. The standard InChI is InChI=1S/C12H18N2O2S/c1-12(8-15)5-2-3-10(12)14-11(16)13-9-4-6-17-7-9/h4,6-7,10,15H,2-3,5,8H2,1H3,(H2,13,14,16). The number of aliphatic hydroxyl groups is 1. The van der Waals surface area contributed by atoms with Crippen molar-refractivity contribution in [2.24, 2.45) is 5.41 Å². The zero-order valence-electron chi connectivity index (χ0n) is 9.90. The molecule has 0 saturated heterocycles. The lowest BCUT2D eigenvalue weighted by Gasteiger charge is -2.30. The smallest absolute Gasteiger partial charge is 0.319 e. The molecular formula is C12H18N2O2S. The molecule has 0 radical (unpaired) electrons. The van der Waals surface area contributed by atoms with Crippen LogP contribution < -0.4 is 10.6 Å². The number of nitrogens with one attached hydrogen (secondary N) is 2. The predicted octanol–water partition coefficient (Wildman–Crippen LogP) is 2.42. The Bertz CT molecular complexity index is 380. The third-order valence-corrected chi connectivity index (χ3v) is 4.21. The van der Waals surface area contributed by atoms with E-state index in [1.807, 2.05) is 23.8 Å². The molecule has 2 amide bonds. The summed E-state index contributed by atoms with van der Waals surface area (Å²) in [6.45, 7) is 2.14. The van der Waals surface area contributed by atoms with Crippen molar-refractivity contribution in [1.29, 1.82) is 0 Å². The average molecular weight is 254 g/mol. The number of amides is 2. The highest BCUT2D eigenvalue weighted by Crippen LogP contribution is 2.37. The molecule has 2 atom stereocenters. The van der Waals surface area contributed by atoms with E-state index in [1.54, 1.807) is 11.3 Å². The number of thiophene rings is 1. The number of aliphatic hydroxyl groups excluding tert-OH is 1. The fourth-order valence-electron chi connectivity index (χ4n) is 2.33. The van der Waals surface area contributed by atoms with Gasteiger partial charge in [0.1, 0.15) is 0 Å². The van der Waals surface area contributed by atoms with Crippen molar-refractivity contribution in [2.75, 3.05) is 11.9 Å². The van der Waals surface area contributed by atoms with Gasteiger partial charge in [0.05, 0.1) is 12.3 Å². The quantitative estimate of drug-likeness (QED) is 0.775. The number of carbonyl (C=O) groups is 1. The molecule has 1 aliphatic rings. The Morgan fingerprint density at radius 1 is 1.71 bits per heavy atom. The monoisotopic (exact) mass is 254 g/mol. The molecule has 0 bridgehead atoms. The summed E-state index contributed by atoms with van der Waals surface area (Å²) < 4.78 is 0. The molecule has 0 spiro atoms. The lowest BCUT2D eigenvalue weighted by atomic mass is 9.86. The van der Waals surface area contributed by atoms with E-state index in [-0.39, 0.29) is 24.1 Å². The minimum Gasteiger partial charge on any atom is -0.396 e. The molecule has 4 nitrogen and oxygen atoms in total. The van der Waals surface area contributed by atoms with E-state index in [0.717, 1.165) is 24.9 Å². The molecule has 1 saturated carbocycles. The Morgan fingerprint density at radius 2 is 2.53 bits per heavy atom. The molecule has 1 aliphatic carbocycles. The lowest BCUT2D eigenvalue weighted by molar-refractivity contribution is 0.122. The highest BCUT2D eigenvalue weighted by atomic mass is 32.1. The zero-order valence-corrected chi connectivity index (χ0v) is 10.7. The Kier molecular flexibility index (Phi) is 3.69. The second-order valence-corrected chi connectivity index (χ2v) is 5.65. The van der Waals surface area contributed by atoms with Crippen LogP contribution in [0.4, 0.5) is 10.5 Å². The van der Waals surface area contributed by atoms with Crippen LogP contribution in [0.5, 0.6) is 0 Å². The zero-order chi connectivity index (χ0) is 12.3. The topological polar surface area (TPSA) is 61.4 Å². The van der Waals surface area contributed by atoms with Gasteiger partial charge in [-0.2, -0.15) is 11.3 Å². The highest BCUT2D eigenvalue weighted by Gasteiger charge is 2.39. The van der Waals surface area contributed by atoms with Gasteiger partial charge in [-0.05, 0) is 24.3 Å². The Balaban J connectivity index is 1.90. The van der Waals surface area contributed by atoms with Crippen LogP contribution in [0.25, 0.3) is 0 Å². The minimum atomic E-state index is -0.185. The van der Waals surface area contributed by atoms with Gasteiger partial charge in [0.15, 0.2) is 0 Å². The largest absolute Gasteiger partial charge is 0.396 e. The minimum absolute atomic E-state index is 0.0612. The van der Waals surface area contributed by atoms with Crippen LogP contribution in [-0.4, -0.2) is 23.8 Å². The maximum absolute atomic E-state index is 11.8. The van der Waals surface area contributed by atoms with Crippen molar-refractivity contribution in [3.63, 3.8) is 0 Å². The molecule has 1 aromatic heterocycles. The van der Waals surface area contributed by atoms with Gasteiger partial charge in [-0.3, -0.25) is 0 Å². The normalized spacial score (nSPS) is 28.0. The summed E-state index contributed by atoms with van der Waals surface area (Å²) in [5.74, 6) is 0. The third-order valence-electron chi connectivity index (χ3n) is 3.53. The van der Waals surface area contributed by atoms with Gasteiger partial charge in [0, 0.05) is 16.8 Å². The van der Waals surface area contributed by atoms with Crippen LogP contribution in [0.15, 0.2) is 16.8 Å². The summed E-state index contributed by atoms with van der Waals surface area (Å²) in [7, 11) is 0. The Labute approximate surface area is 105 Å². The summed E-state index contributed by atoms with van der Waals surface area (Å²) in [6.07, 6.45) is 2.96. The van der Waals surface area contributed by atoms with Gasteiger partial charge in [-0.15, -0.1) is 0 Å². The second kappa shape index (κ2) is 5.06. The van der Waals surface area contributed by atoms with E-state index in [4.69, 9.17) is 0 Å². The van der Waals surface area contributed by atoms with E-state index >= 15 is 0 Å². The van der Waals surface area contributed by atoms with Crippen molar-refractivity contribution in [1.82, 2.24) is 5.32 Å². The fraction of sp³-hybridized carbons (Fsp3) is 0.583. The summed E-state index contributed by atoms with van der Waals surface area (Å²) in [5, 5.41) is 18.9. The van der Waals surface area contributed by atoms with Crippen LogP contribution in [0.3, 0.4) is 0 Å². The molecular weight excluding hydrogens is 236 g/mol. The molecule has 3 N–H and O–H groups in total. The van der Waals surface area contributed by atoms with Crippen molar-refractivity contribution < 1.29 is 9.90 Å². The molecule has 2 rings (SSSR count). The summed E-state index contributed by atoms with van der Waals surface area (Å²) >= 11 is 1.55. The molecule has 0 aromatic carbocycles. The molecule has 1 fully saturated rings. The SMILES string of the molecule is CC1(CO)CCCC1NC(=O)Nc1ccsc1. The predicted molar refractivity (Wildman–Crippen MR) is 69.3 cm³/mol. The van der Waals surface area contributed by atoms with Crippen LogP contribution >= 0.6 is 11.3 Å². The Morgan fingerprint density at radius 3 is 3.18 bits per heavy atom. The van der Waals surface area contributed by atoms with Crippen molar-refractivity contribution in [3.05, 3.63) is 16.8 Å². The first kappa shape index (κ1) is 12.4. The Hall–Kier alpha value is -1.07. The van der Waals surface area contributed by atoms with Gasteiger partial charge in [-0.1, -0.05) is 13.3 Å². The van der Waals surface area contributed by atoms with Gasteiger partial charge in [-0.25, -0.2) is 4.79 Å². The molecule has 94 valence electrons. The number of anilines is 1. The third kappa shape index (κ3) is 2.79. The van der Waals surface area contributed by atoms with Crippen LogP contribution in [0, 0.1) is 5.41 Å². The second-order valence-electron chi connectivity index (χ2n) is 4.87. The highest BCUT2D eigenvalue weighted by molar-refractivity contribution is 7.08. The van der Waals surface area contributed by atoms with Gasteiger partial charge >= 0.3 is 6.03 Å². The molecule has 0 aliphatic heterocycles. The van der Waals surface area contributed by atoms with Crippen LogP contribution in [-0.2, 0) is 0 Å². The number of rotatable bonds is 3. The van der Waals surface area contributed by atoms with E-state index in [1.165, 1.54) is 0 Å². The summed E-state index contributed by atoms with van der Waals surface area (Å²) in [6, 6.07) is 1.74. The van der Waals surface area contributed by atoms with Crippen LogP contribution in [0.2, 0.25) is 0 Å². The maximum Gasteiger partial charge on any atom is 0.319 e. The number of urea groups is 1. The average Bonchev–Trinajstić information content (AvgIpc) is 2.91. The molecule has 5 heteroatoms. The van der Waals surface area contributed by atoms with Crippen molar-refractivity contribution in [3.8, 4) is 0 Å². The first-order chi connectivity index (χ1) is 8.14. The summed E-state index contributed by atoms with van der Waals surface area (Å²) in [5.41, 5.74) is 0.641. The maximum atomic E-state index is 11.8. The van der Waals surface area contributed by atoms with E-state index < -0.39 is 0 Å². The fourth-order valence-corrected chi connectivity index (χ4v) is 2.92. The lowest BCUT2D eigenvalue weighted by Crippen LogP contribution is -2.46. The van der Waals surface area contributed by atoms with Crippen molar-refractivity contribution >= 4 is 23.1 Å². The van der Waals surface area contributed by atoms with E-state index in [9.17, 15) is 9.90 Å². The first-order valence-electron chi connectivity index (χ1n) is 5.85. The molecule has 17 heavy (non-hydrogen) atoms. The molecule has 2 unspecified atom stereocenters. The van der Waals surface area contributed by atoms with E-state index in [0.29, 0.717) is 0 Å². The van der Waals surface area contributed by atoms with E-state index in [2.05, 4.69) is 10.6 Å².